The van der Waals surface area contributed by atoms with E-state index in [0.717, 1.165) is 43.3 Å². The molecule has 1 saturated heterocycles. The van der Waals surface area contributed by atoms with E-state index in [4.69, 9.17) is 4.42 Å². The van der Waals surface area contributed by atoms with E-state index in [1.54, 1.807) is 0 Å². The normalized spacial score (nSPS) is 18.8. The molecule has 0 bridgehead atoms. The number of amides is 1. The third-order valence-corrected chi connectivity index (χ3v) is 5.02. The zero-order chi connectivity index (χ0) is 16.5. The SMILES string of the molecule is Cc1cccc(CC(=O)N2CCC(c3nnc(C4CC4)o3)CC2)c1. The molecule has 1 aliphatic heterocycles. The molecule has 2 aromatic rings. The second-order valence-corrected chi connectivity index (χ2v) is 7.07. The lowest BCUT2D eigenvalue weighted by molar-refractivity contribution is -0.131. The van der Waals surface area contributed by atoms with Crippen molar-refractivity contribution < 1.29 is 9.21 Å². The molecule has 0 unspecified atom stereocenters. The van der Waals surface area contributed by atoms with E-state index in [2.05, 4.69) is 29.3 Å². The largest absolute Gasteiger partial charge is 0.425 e. The molecule has 126 valence electrons. The number of hydrogen-bond donors (Lipinski definition) is 0. The molecular weight excluding hydrogens is 302 g/mol. The predicted octanol–water partition coefficient (Wildman–Crippen LogP) is 3.20. The minimum Gasteiger partial charge on any atom is -0.425 e. The van der Waals surface area contributed by atoms with Gasteiger partial charge in [0.1, 0.15) is 0 Å². The molecule has 1 aromatic heterocycles. The fourth-order valence-electron chi connectivity index (χ4n) is 3.39. The van der Waals surface area contributed by atoms with Crippen molar-refractivity contribution in [1.29, 1.82) is 0 Å². The maximum Gasteiger partial charge on any atom is 0.226 e. The van der Waals surface area contributed by atoms with E-state index in [-0.39, 0.29) is 5.91 Å². The van der Waals surface area contributed by atoms with Crippen molar-refractivity contribution in [1.82, 2.24) is 15.1 Å². The van der Waals surface area contributed by atoms with Gasteiger partial charge in [-0.25, -0.2) is 0 Å². The zero-order valence-electron chi connectivity index (χ0n) is 14.1. The fourth-order valence-corrected chi connectivity index (χ4v) is 3.39. The van der Waals surface area contributed by atoms with Crippen molar-refractivity contribution in [3.63, 3.8) is 0 Å². The highest BCUT2D eigenvalue weighted by atomic mass is 16.4. The van der Waals surface area contributed by atoms with Crippen LogP contribution in [0.4, 0.5) is 0 Å². The maximum absolute atomic E-state index is 12.5. The van der Waals surface area contributed by atoms with Gasteiger partial charge < -0.3 is 9.32 Å². The molecule has 5 heteroatoms. The molecule has 0 N–H and O–H groups in total. The number of hydrogen-bond acceptors (Lipinski definition) is 4. The number of nitrogens with zero attached hydrogens (tertiary/aromatic N) is 3. The molecule has 2 heterocycles. The smallest absolute Gasteiger partial charge is 0.226 e. The number of carbonyl (C=O) groups excluding carboxylic acids is 1. The average Bonchev–Trinajstić information content (AvgIpc) is 3.32. The van der Waals surface area contributed by atoms with Crippen molar-refractivity contribution in [2.24, 2.45) is 0 Å². The van der Waals surface area contributed by atoms with Crippen LogP contribution < -0.4 is 0 Å². The van der Waals surface area contributed by atoms with Gasteiger partial charge in [-0.15, -0.1) is 10.2 Å². The van der Waals surface area contributed by atoms with Gasteiger partial charge in [-0.3, -0.25) is 4.79 Å². The van der Waals surface area contributed by atoms with Crippen LogP contribution in [-0.4, -0.2) is 34.1 Å². The Morgan fingerprint density at radius 1 is 1.12 bits per heavy atom. The highest BCUT2D eigenvalue weighted by Gasteiger charge is 2.32. The van der Waals surface area contributed by atoms with Gasteiger partial charge in [0.15, 0.2) is 0 Å². The van der Waals surface area contributed by atoms with Gasteiger partial charge in [0.25, 0.3) is 0 Å². The third-order valence-electron chi connectivity index (χ3n) is 5.02. The van der Waals surface area contributed by atoms with Crippen molar-refractivity contribution >= 4 is 5.91 Å². The van der Waals surface area contributed by atoms with Crippen LogP contribution in [0.1, 0.15) is 60.4 Å². The Hall–Kier alpha value is -2.17. The van der Waals surface area contributed by atoms with Crippen LogP contribution in [0.25, 0.3) is 0 Å². The lowest BCUT2D eigenvalue weighted by atomic mass is 9.96. The first-order chi connectivity index (χ1) is 11.7. The Bertz CT molecular complexity index is 728. The number of aromatic nitrogens is 2. The third kappa shape index (κ3) is 3.35. The first-order valence-electron chi connectivity index (χ1n) is 8.85. The topological polar surface area (TPSA) is 59.2 Å². The fraction of sp³-hybridized carbons (Fsp3) is 0.526. The standard InChI is InChI=1S/C19H23N3O2/c1-13-3-2-4-14(11-13)12-17(23)22-9-7-16(8-10-22)19-21-20-18(24-19)15-5-6-15/h2-4,11,15-16H,5-10,12H2,1H3. The Kier molecular flexibility index (Phi) is 4.08. The van der Waals surface area contributed by atoms with Crippen LogP contribution in [0.5, 0.6) is 0 Å². The molecule has 1 aromatic carbocycles. The summed E-state index contributed by atoms with van der Waals surface area (Å²) < 4.78 is 5.83. The number of benzene rings is 1. The molecule has 0 spiro atoms. The van der Waals surface area contributed by atoms with E-state index >= 15 is 0 Å². The van der Waals surface area contributed by atoms with Crippen LogP contribution in [0.15, 0.2) is 28.7 Å². The first kappa shape index (κ1) is 15.4. The van der Waals surface area contributed by atoms with Gasteiger partial charge >= 0.3 is 0 Å². The minimum atomic E-state index is 0.211. The van der Waals surface area contributed by atoms with Crippen molar-refractivity contribution in [2.45, 2.75) is 50.9 Å². The highest BCUT2D eigenvalue weighted by Crippen LogP contribution is 2.40. The van der Waals surface area contributed by atoms with Gasteiger partial charge in [0.2, 0.25) is 17.7 Å². The molecule has 1 amide bonds. The quantitative estimate of drug-likeness (QED) is 0.866. The summed E-state index contributed by atoms with van der Waals surface area (Å²) in [5, 5.41) is 8.40. The highest BCUT2D eigenvalue weighted by molar-refractivity contribution is 5.78. The Balaban J connectivity index is 1.32. The van der Waals surface area contributed by atoms with Gasteiger partial charge in [-0.05, 0) is 38.2 Å². The molecule has 1 saturated carbocycles. The second-order valence-electron chi connectivity index (χ2n) is 7.07. The van der Waals surface area contributed by atoms with Gasteiger partial charge in [0.05, 0.1) is 6.42 Å². The van der Waals surface area contributed by atoms with Crippen LogP contribution in [0.3, 0.4) is 0 Å². The van der Waals surface area contributed by atoms with Crippen molar-refractivity contribution in [3.05, 3.63) is 47.2 Å². The summed E-state index contributed by atoms with van der Waals surface area (Å²) in [7, 11) is 0. The summed E-state index contributed by atoms with van der Waals surface area (Å²) in [6, 6.07) is 8.18. The molecule has 2 aliphatic rings. The number of likely N-dealkylation sites (tertiary alicyclic amines) is 1. The van der Waals surface area contributed by atoms with Gasteiger partial charge in [0, 0.05) is 24.9 Å². The second kappa shape index (κ2) is 6.38. The van der Waals surface area contributed by atoms with Crippen molar-refractivity contribution in [2.75, 3.05) is 13.1 Å². The Morgan fingerprint density at radius 3 is 2.42 bits per heavy atom. The van der Waals surface area contributed by atoms with E-state index in [9.17, 15) is 4.79 Å². The molecule has 1 aliphatic carbocycles. The number of rotatable bonds is 4. The molecule has 4 rings (SSSR count). The van der Waals surface area contributed by atoms with Gasteiger partial charge in [-0.2, -0.15) is 0 Å². The monoisotopic (exact) mass is 325 g/mol. The molecule has 5 nitrogen and oxygen atoms in total. The maximum atomic E-state index is 12.5. The average molecular weight is 325 g/mol. The lowest BCUT2D eigenvalue weighted by Crippen LogP contribution is -2.38. The minimum absolute atomic E-state index is 0.211. The van der Waals surface area contributed by atoms with Gasteiger partial charge in [-0.1, -0.05) is 29.8 Å². The number of carbonyl (C=O) groups is 1. The summed E-state index contributed by atoms with van der Waals surface area (Å²) in [6.07, 6.45) is 4.65. The van der Waals surface area contributed by atoms with E-state index in [1.807, 2.05) is 17.0 Å². The molecule has 0 radical (unpaired) electrons. The first-order valence-corrected chi connectivity index (χ1v) is 8.85. The van der Waals surface area contributed by atoms with E-state index in [1.165, 1.54) is 18.4 Å². The lowest BCUT2D eigenvalue weighted by Gasteiger charge is -2.30. The summed E-state index contributed by atoms with van der Waals surface area (Å²) in [4.78, 5) is 14.5. The summed E-state index contributed by atoms with van der Waals surface area (Å²) in [6.45, 7) is 3.60. The Labute approximate surface area is 142 Å². The summed E-state index contributed by atoms with van der Waals surface area (Å²) in [5.74, 6) is 2.59. The zero-order valence-corrected chi connectivity index (χ0v) is 14.1. The van der Waals surface area contributed by atoms with Crippen LogP contribution in [0.2, 0.25) is 0 Å². The van der Waals surface area contributed by atoms with Crippen LogP contribution in [-0.2, 0) is 11.2 Å². The summed E-state index contributed by atoms with van der Waals surface area (Å²) in [5.41, 5.74) is 2.29. The van der Waals surface area contributed by atoms with E-state index < -0.39 is 0 Å². The van der Waals surface area contributed by atoms with Crippen LogP contribution >= 0.6 is 0 Å². The predicted molar refractivity (Wildman–Crippen MR) is 89.7 cm³/mol. The Morgan fingerprint density at radius 2 is 1.79 bits per heavy atom. The number of piperidine rings is 1. The van der Waals surface area contributed by atoms with Crippen molar-refractivity contribution in [3.8, 4) is 0 Å². The molecule has 0 atom stereocenters. The van der Waals surface area contributed by atoms with E-state index in [0.29, 0.717) is 18.3 Å². The van der Waals surface area contributed by atoms with Crippen LogP contribution in [0, 0.1) is 6.92 Å². The summed E-state index contributed by atoms with van der Waals surface area (Å²) >= 11 is 0. The molecule has 2 fully saturated rings. The molecule has 24 heavy (non-hydrogen) atoms. The molecular formula is C19H23N3O2. The number of aryl methyl sites for hydroxylation is 1.